The van der Waals surface area contributed by atoms with Gasteiger partial charge in [0.05, 0.1) is 13.2 Å². The molecule has 0 amide bonds. The lowest BCUT2D eigenvalue weighted by atomic mass is 10.4. The van der Waals surface area contributed by atoms with Crippen molar-refractivity contribution in [2.75, 3.05) is 53.6 Å². The van der Waals surface area contributed by atoms with E-state index in [-0.39, 0.29) is 24.0 Å². The molecule has 0 unspecified atom stereocenters. The van der Waals surface area contributed by atoms with E-state index < -0.39 is 0 Å². The Bertz CT molecular complexity index is 221. The van der Waals surface area contributed by atoms with Crippen LogP contribution in [-0.2, 0) is 9.47 Å². The fraction of sp³-hybridized carbons (Fsp3) is 0.917. The third kappa shape index (κ3) is 7.38. The Balaban J connectivity index is 0.00000289. The lowest BCUT2D eigenvalue weighted by molar-refractivity contribution is 0.0698. The van der Waals surface area contributed by atoms with E-state index in [1.54, 1.807) is 7.11 Å². The van der Waals surface area contributed by atoms with Gasteiger partial charge in [-0.3, -0.25) is 4.99 Å². The molecule has 1 heterocycles. The fourth-order valence-corrected chi connectivity index (χ4v) is 1.88. The number of ether oxygens (including phenoxy) is 2. The van der Waals surface area contributed by atoms with Crippen LogP contribution in [0.15, 0.2) is 4.99 Å². The van der Waals surface area contributed by atoms with Crippen molar-refractivity contribution >= 4 is 29.9 Å². The minimum absolute atomic E-state index is 0. The molecule has 1 N–H and O–H groups in total. The number of aliphatic imine (C=N–C) groups is 1. The smallest absolute Gasteiger partial charge is 0.193 e. The van der Waals surface area contributed by atoms with Gasteiger partial charge in [0, 0.05) is 40.4 Å². The summed E-state index contributed by atoms with van der Waals surface area (Å²) in [6, 6.07) is 0. The number of nitrogens with zero attached hydrogens (tertiary/aromatic N) is 2. The number of hydrogen-bond acceptors (Lipinski definition) is 3. The van der Waals surface area contributed by atoms with E-state index in [2.05, 4.69) is 15.2 Å². The van der Waals surface area contributed by atoms with Gasteiger partial charge in [-0.1, -0.05) is 0 Å². The summed E-state index contributed by atoms with van der Waals surface area (Å²) in [6.45, 7) is 5.29. The number of rotatable bonds is 7. The molecular formula is C12H26IN3O2. The van der Waals surface area contributed by atoms with Crippen molar-refractivity contribution in [3.63, 3.8) is 0 Å². The lowest BCUT2D eigenvalue weighted by Gasteiger charge is -2.20. The molecule has 0 aliphatic carbocycles. The van der Waals surface area contributed by atoms with Gasteiger partial charge in [0.1, 0.15) is 0 Å². The predicted octanol–water partition coefficient (Wildman–Crippen LogP) is 1.33. The van der Waals surface area contributed by atoms with Crippen molar-refractivity contribution in [2.24, 2.45) is 4.99 Å². The minimum Gasteiger partial charge on any atom is -0.382 e. The summed E-state index contributed by atoms with van der Waals surface area (Å²) < 4.78 is 10.3. The third-order valence-corrected chi connectivity index (χ3v) is 2.80. The summed E-state index contributed by atoms with van der Waals surface area (Å²) in [6.07, 6.45) is 3.55. The summed E-state index contributed by atoms with van der Waals surface area (Å²) in [5, 5.41) is 3.37. The lowest BCUT2D eigenvalue weighted by Crippen LogP contribution is -2.40. The first-order valence-corrected chi connectivity index (χ1v) is 6.40. The molecule has 1 rings (SSSR count). The van der Waals surface area contributed by atoms with E-state index in [1.165, 1.54) is 12.8 Å². The maximum atomic E-state index is 5.40. The fourth-order valence-electron chi connectivity index (χ4n) is 1.88. The maximum absolute atomic E-state index is 5.40. The molecule has 0 atom stereocenters. The van der Waals surface area contributed by atoms with Crippen LogP contribution in [0.4, 0.5) is 0 Å². The van der Waals surface area contributed by atoms with E-state index in [4.69, 9.17) is 9.47 Å². The number of likely N-dealkylation sites (tertiary alicyclic amines) is 1. The molecule has 0 bridgehead atoms. The average molecular weight is 371 g/mol. The topological polar surface area (TPSA) is 46.1 Å². The second-order valence-corrected chi connectivity index (χ2v) is 4.13. The second-order valence-electron chi connectivity index (χ2n) is 4.13. The molecule has 1 aliphatic rings. The molecule has 0 spiro atoms. The quantitative estimate of drug-likeness (QED) is 0.318. The second kappa shape index (κ2) is 12.0. The summed E-state index contributed by atoms with van der Waals surface area (Å²) >= 11 is 0. The van der Waals surface area contributed by atoms with Crippen LogP contribution >= 0.6 is 24.0 Å². The van der Waals surface area contributed by atoms with Gasteiger partial charge in [-0.15, -0.1) is 24.0 Å². The van der Waals surface area contributed by atoms with Gasteiger partial charge in [0.2, 0.25) is 0 Å². The average Bonchev–Trinajstić information content (AvgIpc) is 2.86. The van der Waals surface area contributed by atoms with Crippen LogP contribution in [0.1, 0.15) is 19.3 Å². The van der Waals surface area contributed by atoms with Crippen molar-refractivity contribution in [1.82, 2.24) is 10.2 Å². The number of guanidine groups is 1. The number of halogens is 1. The van der Waals surface area contributed by atoms with Gasteiger partial charge in [-0.05, 0) is 19.3 Å². The van der Waals surface area contributed by atoms with Crippen molar-refractivity contribution in [3.8, 4) is 0 Å². The van der Waals surface area contributed by atoms with Crippen LogP contribution in [0.25, 0.3) is 0 Å². The molecule has 1 saturated heterocycles. The Morgan fingerprint density at radius 1 is 1.22 bits per heavy atom. The zero-order valence-electron chi connectivity index (χ0n) is 11.5. The molecule has 5 nitrogen and oxygen atoms in total. The molecule has 0 radical (unpaired) electrons. The molecule has 0 aromatic heterocycles. The standard InChI is InChI=1S/C12H25N3O2.HI/c1-13-12(15-7-3-4-8-15)14-6-5-9-17-11-10-16-2;/h3-11H2,1-2H3,(H,13,14);1H. The number of nitrogens with one attached hydrogen (secondary N) is 1. The molecule has 108 valence electrons. The van der Waals surface area contributed by atoms with Gasteiger partial charge in [0.25, 0.3) is 0 Å². The Morgan fingerprint density at radius 2 is 1.94 bits per heavy atom. The van der Waals surface area contributed by atoms with Crippen molar-refractivity contribution < 1.29 is 9.47 Å². The zero-order chi connectivity index (χ0) is 12.3. The summed E-state index contributed by atoms with van der Waals surface area (Å²) in [7, 11) is 3.53. The van der Waals surface area contributed by atoms with Gasteiger partial charge in [-0.2, -0.15) is 0 Å². The Hall–Kier alpha value is -0.0800. The van der Waals surface area contributed by atoms with Crippen LogP contribution in [0.3, 0.4) is 0 Å². The Kier molecular flexibility index (Phi) is 11.9. The first kappa shape index (κ1) is 17.9. The molecule has 1 aliphatic heterocycles. The van der Waals surface area contributed by atoms with Crippen LogP contribution < -0.4 is 5.32 Å². The molecule has 0 aromatic carbocycles. The molecule has 1 fully saturated rings. The predicted molar refractivity (Wildman–Crippen MR) is 84.9 cm³/mol. The monoisotopic (exact) mass is 371 g/mol. The largest absolute Gasteiger partial charge is 0.382 e. The third-order valence-electron chi connectivity index (χ3n) is 2.80. The van der Waals surface area contributed by atoms with Gasteiger partial charge in [-0.25, -0.2) is 0 Å². The summed E-state index contributed by atoms with van der Waals surface area (Å²) in [5.74, 6) is 1.03. The number of hydrogen-bond donors (Lipinski definition) is 1. The van der Waals surface area contributed by atoms with Crippen molar-refractivity contribution in [1.29, 1.82) is 0 Å². The molecular weight excluding hydrogens is 345 g/mol. The van der Waals surface area contributed by atoms with Crippen molar-refractivity contribution in [2.45, 2.75) is 19.3 Å². The first-order chi connectivity index (χ1) is 8.38. The van der Waals surface area contributed by atoms with E-state index >= 15 is 0 Å². The SMILES string of the molecule is CN=C(NCCCOCCOC)N1CCCC1.I. The normalized spacial score (nSPS) is 15.7. The number of methoxy groups -OCH3 is 1. The highest BCUT2D eigenvalue weighted by atomic mass is 127. The van der Waals surface area contributed by atoms with Crippen LogP contribution in [-0.4, -0.2) is 64.5 Å². The summed E-state index contributed by atoms with van der Waals surface area (Å²) in [4.78, 5) is 6.60. The van der Waals surface area contributed by atoms with Crippen molar-refractivity contribution in [3.05, 3.63) is 0 Å². The van der Waals surface area contributed by atoms with E-state index in [9.17, 15) is 0 Å². The van der Waals surface area contributed by atoms with E-state index in [0.717, 1.165) is 38.6 Å². The maximum Gasteiger partial charge on any atom is 0.193 e. The Morgan fingerprint density at radius 3 is 2.56 bits per heavy atom. The Labute approximate surface area is 127 Å². The molecule has 18 heavy (non-hydrogen) atoms. The van der Waals surface area contributed by atoms with Crippen LogP contribution in [0.2, 0.25) is 0 Å². The van der Waals surface area contributed by atoms with Gasteiger partial charge < -0.3 is 19.7 Å². The molecule has 6 heteroatoms. The highest BCUT2D eigenvalue weighted by Gasteiger charge is 2.14. The van der Waals surface area contributed by atoms with Crippen LogP contribution in [0.5, 0.6) is 0 Å². The highest BCUT2D eigenvalue weighted by molar-refractivity contribution is 14.0. The minimum atomic E-state index is 0. The van der Waals surface area contributed by atoms with Gasteiger partial charge >= 0.3 is 0 Å². The highest BCUT2D eigenvalue weighted by Crippen LogP contribution is 2.06. The molecule has 0 aromatic rings. The molecule has 0 saturated carbocycles. The van der Waals surface area contributed by atoms with Crippen LogP contribution in [0, 0.1) is 0 Å². The summed E-state index contributed by atoms with van der Waals surface area (Å²) in [5.41, 5.74) is 0. The van der Waals surface area contributed by atoms with Gasteiger partial charge in [0.15, 0.2) is 5.96 Å². The zero-order valence-corrected chi connectivity index (χ0v) is 13.8. The van der Waals surface area contributed by atoms with E-state index in [0.29, 0.717) is 13.2 Å². The first-order valence-electron chi connectivity index (χ1n) is 6.40. The van der Waals surface area contributed by atoms with E-state index in [1.807, 2.05) is 7.05 Å².